The maximum atomic E-state index is 12.7. The number of carbonyl (C=O) groups is 2. The molecule has 0 saturated carbocycles. The van der Waals surface area contributed by atoms with E-state index in [0.717, 1.165) is 17.3 Å². The topological polar surface area (TPSA) is 52.6 Å². The van der Waals surface area contributed by atoms with E-state index in [1.54, 1.807) is 24.3 Å². The maximum Gasteiger partial charge on any atom is 0.328 e. The molecule has 1 rings (SSSR count). The zero-order valence-corrected chi connectivity index (χ0v) is 19.2. The molecular weight excluding hydrogens is 420 g/mol. The molecule has 0 aliphatic rings. The fourth-order valence-electron chi connectivity index (χ4n) is 3.16. The van der Waals surface area contributed by atoms with Gasteiger partial charge >= 0.3 is 11.9 Å². The van der Waals surface area contributed by atoms with Crippen molar-refractivity contribution >= 4 is 27.9 Å². The summed E-state index contributed by atoms with van der Waals surface area (Å²) in [5.41, 5.74) is -1.24. The number of benzene rings is 1. The minimum Gasteiger partial charge on any atom is -0.465 e. The predicted octanol–water partition coefficient (Wildman–Crippen LogP) is 6.84. The molecule has 0 heterocycles. The van der Waals surface area contributed by atoms with Crippen LogP contribution in [0.5, 0.6) is 5.75 Å². The first kappa shape index (κ1) is 24.7. The average molecular weight is 455 g/mol. The third-order valence-electron chi connectivity index (χ3n) is 5.24. The summed E-state index contributed by atoms with van der Waals surface area (Å²) in [6.07, 6.45) is 10.2. The number of unbranched alkanes of at least 4 members (excludes halogenated alkanes) is 7. The van der Waals surface area contributed by atoms with Crippen molar-refractivity contribution in [1.82, 2.24) is 0 Å². The van der Waals surface area contributed by atoms with Crippen LogP contribution in [0.3, 0.4) is 0 Å². The van der Waals surface area contributed by atoms with Crippen molar-refractivity contribution < 1.29 is 19.1 Å². The van der Waals surface area contributed by atoms with Gasteiger partial charge in [0.15, 0.2) is 5.41 Å². The molecule has 0 unspecified atom stereocenters. The van der Waals surface area contributed by atoms with E-state index in [0.29, 0.717) is 25.2 Å². The molecule has 0 spiro atoms. The van der Waals surface area contributed by atoms with Crippen LogP contribution < -0.4 is 4.74 Å². The molecule has 0 aromatic heterocycles. The molecule has 0 bridgehead atoms. The molecule has 28 heavy (non-hydrogen) atoms. The van der Waals surface area contributed by atoms with Gasteiger partial charge in [-0.05, 0) is 43.5 Å². The van der Waals surface area contributed by atoms with Gasteiger partial charge in [0.05, 0.1) is 6.61 Å². The van der Waals surface area contributed by atoms with Crippen molar-refractivity contribution in [2.24, 2.45) is 5.41 Å². The Morgan fingerprint density at radius 1 is 0.821 bits per heavy atom. The van der Waals surface area contributed by atoms with Gasteiger partial charge in [-0.2, -0.15) is 0 Å². The molecule has 1 aromatic carbocycles. The first-order chi connectivity index (χ1) is 13.5. The molecule has 5 heteroatoms. The highest BCUT2D eigenvalue weighted by Crippen LogP contribution is 2.31. The number of esters is 2. The van der Waals surface area contributed by atoms with Crippen molar-refractivity contribution in [1.29, 1.82) is 0 Å². The average Bonchev–Trinajstić information content (AvgIpc) is 2.70. The van der Waals surface area contributed by atoms with E-state index in [2.05, 4.69) is 22.9 Å². The second-order valence-electron chi connectivity index (χ2n) is 7.24. The van der Waals surface area contributed by atoms with E-state index in [4.69, 9.17) is 9.47 Å². The number of hydrogen-bond acceptors (Lipinski definition) is 4. The van der Waals surface area contributed by atoms with Crippen molar-refractivity contribution in [3.8, 4) is 5.75 Å². The van der Waals surface area contributed by atoms with E-state index in [9.17, 15) is 9.59 Å². The largest absolute Gasteiger partial charge is 0.465 e. The van der Waals surface area contributed by atoms with Gasteiger partial charge in [-0.3, -0.25) is 9.59 Å². The molecular formula is C23H35BrO4. The smallest absolute Gasteiger partial charge is 0.328 e. The lowest BCUT2D eigenvalue weighted by atomic mass is 9.82. The Balaban J connectivity index is 2.46. The number of rotatable bonds is 14. The van der Waals surface area contributed by atoms with Gasteiger partial charge in [-0.25, -0.2) is 0 Å². The van der Waals surface area contributed by atoms with Crippen LogP contribution in [-0.2, 0) is 14.3 Å². The lowest BCUT2D eigenvalue weighted by molar-refractivity contribution is -0.168. The van der Waals surface area contributed by atoms with Gasteiger partial charge in [0.2, 0.25) is 0 Å². The zero-order valence-electron chi connectivity index (χ0n) is 17.6. The fourth-order valence-corrected chi connectivity index (χ4v) is 3.42. The molecule has 0 radical (unpaired) electrons. The molecule has 0 aliphatic heterocycles. The van der Waals surface area contributed by atoms with Crippen molar-refractivity contribution in [3.05, 3.63) is 28.7 Å². The summed E-state index contributed by atoms with van der Waals surface area (Å²) in [7, 11) is 0. The quantitative estimate of drug-likeness (QED) is 0.133. The Bertz CT molecular complexity index is 579. The lowest BCUT2D eigenvalue weighted by Crippen LogP contribution is -2.42. The summed E-state index contributed by atoms with van der Waals surface area (Å²) in [6, 6.07) is 6.99. The van der Waals surface area contributed by atoms with Crippen LogP contribution >= 0.6 is 15.9 Å². The first-order valence-corrected chi connectivity index (χ1v) is 11.4. The molecule has 158 valence electrons. The van der Waals surface area contributed by atoms with Crippen LogP contribution in [0.2, 0.25) is 0 Å². The standard InChI is InChI=1S/C23H35BrO4/c1-4-7-8-9-10-11-12-13-18-27-21(25)23(5-2,6-3)22(26)28-20-16-14-19(24)15-17-20/h14-17H,4-13,18H2,1-3H3. The molecule has 0 aliphatic carbocycles. The normalized spacial score (nSPS) is 11.3. The predicted molar refractivity (Wildman–Crippen MR) is 116 cm³/mol. The molecule has 0 saturated heterocycles. The monoisotopic (exact) mass is 454 g/mol. The number of ether oxygens (including phenoxy) is 2. The Kier molecular flexibility index (Phi) is 12.1. The van der Waals surface area contributed by atoms with Gasteiger partial charge in [0.25, 0.3) is 0 Å². The molecule has 1 aromatic rings. The molecule has 0 atom stereocenters. The van der Waals surface area contributed by atoms with Crippen LogP contribution in [0.15, 0.2) is 28.7 Å². The summed E-state index contributed by atoms with van der Waals surface area (Å²) >= 11 is 3.35. The highest BCUT2D eigenvalue weighted by Gasteiger charge is 2.46. The van der Waals surface area contributed by atoms with Crippen molar-refractivity contribution in [2.45, 2.75) is 85.0 Å². The minimum atomic E-state index is -1.24. The van der Waals surface area contributed by atoms with Gasteiger partial charge in [0, 0.05) is 4.47 Å². The summed E-state index contributed by atoms with van der Waals surface area (Å²) in [5.74, 6) is -0.585. The van der Waals surface area contributed by atoms with Crippen LogP contribution in [0.25, 0.3) is 0 Å². The minimum absolute atomic E-state index is 0.356. The Hall–Kier alpha value is -1.36. The molecule has 0 N–H and O–H groups in total. The van der Waals surface area contributed by atoms with E-state index in [1.165, 1.54) is 38.5 Å². The second kappa shape index (κ2) is 13.8. The van der Waals surface area contributed by atoms with Gasteiger partial charge < -0.3 is 9.47 Å². The maximum absolute atomic E-state index is 12.7. The summed E-state index contributed by atoms with van der Waals surface area (Å²) in [6.45, 7) is 6.23. The third kappa shape index (κ3) is 7.94. The van der Waals surface area contributed by atoms with Gasteiger partial charge in [-0.1, -0.05) is 81.6 Å². The van der Waals surface area contributed by atoms with E-state index >= 15 is 0 Å². The van der Waals surface area contributed by atoms with Crippen LogP contribution in [-0.4, -0.2) is 18.5 Å². The Morgan fingerprint density at radius 2 is 1.36 bits per heavy atom. The molecule has 4 nitrogen and oxygen atoms in total. The fraction of sp³-hybridized carbons (Fsp3) is 0.652. The first-order valence-electron chi connectivity index (χ1n) is 10.6. The lowest BCUT2D eigenvalue weighted by Gasteiger charge is -2.26. The van der Waals surface area contributed by atoms with Crippen molar-refractivity contribution in [2.75, 3.05) is 6.61 Å². The van der Waals surface area contributed by atoms with Crippen molar-refractivity contribution in [3.63, 3.8) is 0 Å². The third-order valence-corrected chi connectivity index (χ3v) is 5.77. The number of halogens is 1. The summed E-state index contributed by atoms with van der Waals surface area (Å²) < 4.78 is 11.8. The zero-order chi connectivity index (χ0) is 20.8. The van der Waals surface area contributed by atoms with E-state index in [1.807, 2.05) is 13.8 Å². The highest BCUT2D eigenvalue weighted by atomic mass is 79.9. The van der Waals surface area contributed by atoms with Gasteiger partial charge in [-0.15, -0.1) is 0 Å². The van der Waals surface area contributed by atoms with Crippen LogP contribution in [0.1, 0.15) is 85.0 Å². The van der Waals surface area contributed by atoms with E-state index in [-0.39, 0.29) is 0 Å². The van der Waals surface area contributed by atoms with Crippen LogP contribution in [0, 0.1) is 5.41 Å². The molecule has 0 amide bonds. The Labute approximate surface area is 178 Å². The Morgan fingerprint density at radius 3 is 1.89 bits per heavy atom. The summed E-state index contributed by atoms with van der Waals surface area (Å²) in [5, 5.41) is 0. The van der Waals surface area contributed by atoms with Crippen LogP contribution in [0.4, 0.5) is 0 Å². The summed E-state index contributed by atoms with van der Waals surface area (Å²) in [4.78, 5) is 25.4. The van der Waals surface area contributed by atoms with Gasteiger partial charge in [0.1, 0.15) is 5.75 Å². The van der Waals surface area contributed by atoms with E-state index < -0.39 is 17.4 Å². The number of carbonyl (C=O) groups excluding carboxylic acids is 2. The number of hydrogen-bond donors (Lipinski definition) is 0. The molecule has 0 fully saturated rings. The SMILES string of the molecule is CCCCCCCCCCOC(=O)C(CC)(CC)C(=O)Oc1ccc(Br)cc1. The highest BCUT2D eigenvalue weighted by molar-refractivity contribution is 9.10. The second-order valence-corrected chi connectivity index (χ2v) is 8.16.